The molecule has 14 heavy (non-hydrogen) atoms. The van der Waals surface area contributed by atoms with E-state index >= 15 is 0 Å². The number of nitrogens with two attached hydrogens (primary N) is 1. The quantitative estimate of drug-likeness (QED) is 0.802. The molecule has 0 fully saturated rings. The molecule has 5 nitrogen and oxygen atoms in total. The zero-order valence-corrected chi connectivity index (χ0v) is 9.63. The lowest BCUT2D eigenvalue weighted by molar-refractivity contribution is 0.805. The van der Waals surface area contributed by atoms with Crippen molar-refractivity contribution in [3.05, 3.63) is 27.7 Å². The van der Waals surface area contributed by atoms with Crippen molar-refractivity contribution in [1.82, 2.24) is 19.7 Å². The van der Waals surface area contributed by atoms with Gasteiger partial charge in [-0.15, -0.1) is 0 Å². The van der Waals surface area contributed by atoms with Crippen molar-refractivity contribution in [2.24, 2.45) is 0 Å². The molecule has 2 aromatic rings. The average Bonchev–Trinajstić information content (AvgIpc) is 2.47. The molecular formula is C8H8IN5. The van der Waals surface area contributed by atoms with Crippen LogP contribution in [0.25, 0.3) is 5.95 Å². The Balaban J connectivity index is 2.58. The Hall–Kier alpha value is -1.18. The van der Waals surface area contributed by atoms with Gasteiger partial charge in [-0.1, -0.05) is 0 Å². The normalized spacial score (nSPS) is 10.4. The number of nitrogens with zero attached hydrogens (tertiary/aromatic N) is 4. The summed E-state index contributed by atoms with van der Waals surface area (Å²) in [5.41, 5.74) is 6.73. The van der Waals surface area contributed by atoms with Crippen molar-refractivity contribution in [2.75, 3.05) is 5.73 Å². The minimum Gasteiger partial charge on any atom is -0.383 e. The van der Waals surface area contributed by atoms with Gasteiger partial charge in [0.1, 0.15) is 5.82 Å². The maximum absolute atomic E-state index is 5.85. The van der Waals surface area contributed by atoms with Crippen LogP contribution in [-0.2, 0) is 0 Å². The van der Waals surface area contributed by atoms with E-state index in [9.17, 15) is 0 Å². The third kappa shape index (κ3) is 1.45. The maximum atomic E-state index is 5.85. The van der Waals surface area contributed by atoms with Crippen molar-refractivity contribution in [3.8, 4) is 5.95 Å². The molecule has 0 amide bonds. The molecule has 2 N–H and O–H groups in total. The first-order chi connectivity index (χ1) is 6.70. The second-order valence-electron chi connectivity index (χ2n) is 2.75. The van der Waals surface area contributed by atoms with Crippen LogP contribution >= 0.6 is 22.6 Å². The van der Waals surface area contributed by atoms with Gasteiger partial charge in [0.15, 0.2) is 0 Å². The summed E-state index contributed by atoms with van der Waals surface area (Å²) in [5, 5.41) is 4.24. The zero-order valence-electron chi connectivity index (χ0n) is 7.48. The number of aromatic nitrogens is 4. The van der Waals surface area contributed by atoms with Crippen LogP contribution in [0.2, 0.25) is 0 Å². The van der Waals surface area contributed by atoms with Crippen LogP contribution in [0.4, 0.5) is 5.82 Å². The van der Waals surface area contributed by atoms with Gasteiger partial charge in [-0.05, 0) is 35.6 Å². The average molecular weight is 301 g/mol. The number of rotatable bonds is 1. The second-order valence-corrected chi connectivity index (χ2v) is 3.82. The van der Waals surface area contributed by atoms with Crippen LogP contribution in [0.15, 0.2) is 18.5 Å². The van der Waals surface area contributed by atoms with E-state index in [2.05, 4.69) is 37.7 Å². The number of anilines is 1. The van der Waals surface area contributed by atoms with E-state index in [4.69, 9.17) is 5.73 Å². The summed E-state index contributed by atoms with van der Waals surface area (Å²) >= 11 is 2.15. The minimum absolute atomic E-state index is 0.496. The fourth-order valence-electron chi connectivity index (χ4n) is 1.08. The molecule has 72 valence electrons. The number of hydrogen-bond donors (Lipinski definition) is 1. The lowest BCUT2D eigenvalue weighted by Gasteiger charge is -1.99. The number of nitrogen functional groups attached to an aromatic ring is 1. The predicted octanol–water partition coefficient (Wildman–Crippen LogP) is 1.16. The van der Waals surface area contributed by atoms with Crippen LogP contribution in [0.3, 0.4) is 0 Å². The standard InChI is InChI=1S/C8H8IN5/c1-5-6(9)7(10)14(13-5)8-11-3-2-4-12-8/h2-4H,10H2,1H3. The Morgan fingerprint density at radius 2 is 2.00 bits per heavy atom. The highest BCUT2D eigenvalue weighted by Gasteiger charge is 2.11. The van der Waals surface area contributed by atoms with Crippen LogP contribution in [0, 0.1) is 10.5 Å². The molecule has 0 unspecified atom stereocenters. The largest absolute Gasteiger partial charge is 0.383 e. The molecule has 0 spiro atoms. The van der Waals surface area contributed by atoms with Gasteiger partial charge in [0.2, 0.25) is 0 Å². The summed E-state index contributed by atoms with van der Waals surface area (Å²) in [6, 6.07) is 1.75. The summed E-state index contributed by atoms with van der Waals surface area (Å²) in [6.45, 7) is 1.90. The van der Waals surface area contributed by atoms with Crippen LogP contribution in [0.1, 0.15) is 5.69 Å². The Morgan fingerprint density at radius 3 is 2.50 bits per heavy atom. The summed E-state index contributed by atoms with van der Waals surface area (Å²) in [4.78, 5) is 8.14. The van der Waals surface area contributed by atoms with Crippen molar-refractivity contribution < 1.29 is 0 Å². The molecule has 0 aliphatic rings. The number of halogens is 1. The third-order valence-corrected chi connectivity index (χ3v) is 3.10. The SMILES string of the molecule is Cc1nn(-c2ncccn2)c(N)c1I. The van der Waals surface area contributed by atoms with Gasteiger partial charge in [0, 0.05) is 12.4 Å². The first kappa shape index (κ1) is 9.38. The maximum Gasteiger partial charge on any atom is 0.252 e. The topological polar surface area (TPSA) is 69.6 Å². The monoisotopic (exact) mass is 301 g/mol. The van der Waals surface area contributed by atoms with E-state index in [1.54, 1.807) is 18.5 Å². The van der Waals surface area contributed by atoms with Crippen LogP contribution in [-0.4, -0.2) is 19.7 Å². The van der Waals surface area contributed by atoms with E-state index in [1.807, 2.05) is 6.92 Å². The Kier molecular flexibility index (Phi) is 2.36. The molecule has 0 bridgehead atoms. The van der Waals surface area contributed by atoms with Gasteiger partial charge in [-0.25, -0.2) is 9.97 Å². The van der Waals surface area contributed by atoms with E-state index in [1.165, 1.54) is 4.68 Å². The molecule has 0 atom stereocenters. The van der Waals surface area contributed by atoms with Crippen molar-refractivity contribution in [1.29, 1.82) is 0 Å². The molecule has 6 heteroatoms. The molecule has 0 saturated carbocycles. The Labute approximate surface area is 94.5 Å². The molecule has 0 saturated heterocycles. The highest BCUT2D eigenvalue weighted by Crippen LogP contribution is 2.19. The van der Waals surface area contributed by atoms with E-state index in [0.717, 1.165) is 9.26 Å². The van der Waals surface area contributed by atoms with Gasteiger partial charge in [-0.3, -0.25) is 0 Å². The predicted molar refractivity (Wildman–Crippen MR) is 61.0 cm³/mol. The van der Waals surface area contributed by atoms with Gasteiger partial charge < -0.3 is 5.73 Å². The summed E-state index contributed by atoms with van der Waals surface area (Å²) in [6.07, 6.45) is 3.32. The molecule has 2 rings (SSSR count). The van der Waals surface area contributed by atoms with Crippen molar-refractivity contribution >= 4 is 28.4 Å². The first-order valence-electron chi connectivity index (χ1n) is 3.98. The van der Waals surface area contributed by atoms with Gasteiger partial charge >= 0.3 is 0 Å². The fourth-order valence-corrected chi connectivity index (χ4v) is 1.42. The van der Waals surface area contributed by atoms with E-state index in [0.29, 0.717) is 11.8 Å². The summed E-state index contributed by atoms with van der Waals surface area (Å²) in [5.74, 6) is 1.07. The van der Waals surface area contributed by atoms with Crippen LogP contribution < -0.4 is 5.73 Å². The lowest BCUT2D eigenvalue weighted by Crippen LogP contribution is -2.06. The van der Waals surface area contributed by atoms with Gasteiger partial charge in [0.05, 0.1) is 9.26 Å². The molecule has 0 aliphatic heterocycles. The molecule has 0 aliphatic carbocycles. The van der Waals surface area contributed by atoms with Crippen molar-refractivity contribution in [2.45, 2.75) is 6.92 Å². The van der Waals surface area contributed by atoms with Crippen LogP contribution in [0.5, 0.6) is 0 Å². The van der Waals surface area contributed by atoms with E-state index < -0.39 is 0 Å². The molecule has 0 aromatic carbocycles. The molecular weight excluding hydrogens is 293 g/mol. The van der Waals surface area contributed by atoms with Crippen molar-refractivity contribution in [3.63, 3.8) is 0 Å². The number of hydrogen-bond acceptors (Lipinski definition) is 4. The lowest BCUT2D eigenvalue weighted by atomic mass is 10.5. The first-order valence-corrected chi connectivity index (χ1v) is 5.06. The summed E-state index contributed by atoms with van der Waals surface area (Å²) in [7, 11) is 0. The van der Waals surface area contributed by atoms with Gasteiger partial charge in [0.25, 0.3) is 5.95 Å². The zero-order chi connectivity index (χ0) is 10.1. The Morgan fingerprint density at radius 1 is 1.36 bits per heavy atom. The third-order valence-electron chi connectivity index (χ3n) is 1.76. The molecule has 2 heterocycles. The highest BCUT2D eigenvalue weighted by molar-refractivity contribution is 14.1. The molecule has 0 radical (unpaired) electrons. The number of aryl methyl sites for hydroxylation is 1. The minimum atomic E-state index is 0.496. The fraction of sp³-hybridized carbons (Fsp3) is 0.125. The second kappa shape index (κ2) is 3.52. The molecule has 2 aromatic heterocycles. The van der Waals surface area contributed by atoms with E-state index in [-0.39, 0.29) is 0 Å². The Bertz CT molecular complexity index is 450. The van der Waals surface area contributed by atoms with Gasteiger partial charge in [-0.2, -0.15) is 9.78 Å². The smallest absolute Gasteiger partial charge is 0.252 e. The highest BCUT2D eigenvalue weighted by atomic mass is 127. The summed E-state index contributed by atoms with van der Waals surface area (Å²) < 4.78 is 2.48.